The zero-order valence-corrected chi connectivity index (χ0v) is 13.9. The molecule has 3 N–H and O–H groups in total. The first-order chi connectivity index (χ1) is 9.95. The number of likely N-dealkylation sites (N-methyl/N-ethyl adjacent to an activating group) is 1. The molecule has 1 aromatic heterocycles. The molecule has 2 aromatic rings. The smallest absolute Gasteiger partial charge is 0.152 e. The summed E-state index contributed by atoms with van der Waals surface area (Å²) < 4.78 is 5.98. The highest BCUT2D eigenvalue weighted by molar-refractivity contribution is 6.34. The van der Waals surface area contributed by atoms with E-state index in [1.807, 2.05) is 24.3 Å². The van der Waals surface area contributed by atoms with Gasteiger partial charge in [0.05, 0.1) is 11.1 Å². The fourth-order valence-electron chi connectivity index (χ4n) is 3.05. The van der Waals surface area contributed by atoms with E-state index in [2.05, 4.69) is 38.0 Å². The molecular formula is C16H24ClN3O. The molecule has 0 aliphatic heterocycles. The maximum Gasteiger partial charge on any atom is 0.152 e. The molecule has 1 heterocycles. The number of furan rings is 1. The van der Waals surface area contributed by atoms with Crippen molar-refractivity contribution in [1.29, 1.82) is 0 Å². The SMILES string of the molecule is CCN(CC)C(C)(C)C(NN)c1cc2cccc(Cl)c2o1. The van der Waals surface area contributed by atoms with Gasteiger partial charge in [0.25, 0.3) is 0 Å². The van der Waals surface area contributed by atoms with Gasteiger partial charge < -0.3 is 4.42 Å². The summed E-state index contributed by atoms with van der Waals surface area (Å²) >= 11 is 6.19. The molecule has 0 aliphatic rings. The minimum atomic E-state index is -0.182. The lowest BCUT2D eigenvalue weighted by atomic mass is 9.90. The standard InChI is InChI=1S/C16H24ClN3O/c1-5-20(6-2)16(3,4)15(19-18)13-10-11-8-7-9-12(17)14(11)21-13/h7-10,15,19H,5-6,18H2,1-4H3. The Morgan fingerprint density at radius 3 is 2.52 bits per heavy atom. The van der Waals surface area contributed by atoms with Crippen molar-refractivity contribution in [2.75, 3.05) is 13.1 Å². The molecule has 0 spiro atoms. The summed E-state index contributed by atoms with van der Waals surface area (Å²) in [6.07, 6.45) is 0. The first-order valence-electron chi connectivity index (χ1n) is 7.34. The fourth-order valence-corrected chi connectivity index (χ4v) is 3.27. The summed E-state index contributed by atoms with van der Waals surface area (Å²) in [7, 11) is 0. The Morgan fingerprint density at radius 2 is 2.00 bits per heavy atom. The molecule has 0 fully saturated rings. The van der Waals surface area contributed by atoms with E-state index in [9.17, 15) is 0 Å². The average Bonchev–Trinajstić information content (AvgIpc) is 2.85. The summed E-state index contributed by atoms with van der Waals surface area (Å²) in [5, 5.41) is 1.61. The number of halogens is 1. The zero-order chi connectivity index (χ0) is 15.6. The topological polar surface area (TPSA) is 54.4 Å². The summed E-state index contributed by atoms with van der Waals surface area (Å²) in [6.45, 7) is 10.5. The summed E-state index contributed by atoms with van der Waals surface area (Å²) in [5.41, 5.74) is 3.44. The van der Waals surface area contributed by atoms with Crippen LogP contribution < -0.4 is 11.3 Å². The van der Waals surface area contributed by atoms with Crippen LogP contribution in [0.1, 0.15) is 39.5 Å². The Morgan fingerprint density at radius 1 is 1.33 bits per heavy atom. The van der Waals surface area contributed by atoms with Gasteiger partial charge in [-0.1, -0.05) is 37.6 Å². The molecule has 21 heavy (non-hydrogen) atoms. The van der Waals surface area contributed by atoms with Gasteiger partial charge in [0.2, 0.25) is 0 Å². The summed E-state index contributed by atoms with van der Waals surface area (Å²) in [5.74, 6) is 6.63. The Labute approximate surface area is 131 Å². The van der Waals surface area contributed by atoms with Crippen LogP contribution in [-0.2, 0) is 0 Å². The minimum Gasteiger partial charge on any atom is -0.458 e. The third-order valence-electron chi connectivity index (χ3n) is 4.25. The van der Waals surface area contributed by atoms with Gasteiger partial charge in [-0.3, -0.25) is 10.7 Å². The van der Waals surface area contributed by atoms with Crippen LogP contribution in [-0.4, -0.2) is 23.5 Å². The third kappa shape index (κ3) is 2.94. The van der Waals surface area contributed by atoms with Gasteiger partial charge in [0, 0.05) is 10.9 Å². The van der Waals surface area contributed by atoms with Crippen molar-refractivity contribution in [2.24, 2.45) is 5.84 Å². The fraction of sp³-hybridized carbons (Fsp3) is 0.500. The quantitative estimate of drug-likeness (QED) is 0.631. The second-order valence-corrected chi connectivity index (χ2v) is 6.14. The average molecular weight is 310 g/mol. The second-order valence-electron chi connectivity index (χ2n) is 5.73. The van der Waals surface area contributed by atoms with E-state index in [4.69, 9.17) is 21.9 Å². The lowest BCUT2D eigenvalue weighted by Crippen LogP contribution is -2.54. The molecule has 116 valence electrons. The number of fused-ring (bicyclic) bond motifs is 1. The summed E-state index contributed by atoms with van der Waals surface area (Å²) in [6, 6.07) is 7.63. The molecule has 1 atom stereocenters. The zero-order valence-electron chi connectivity index (χ0n) is 13.1. The Balaban J connectivity index is 2.46. The van der Waals surface area contributed by atoms with Gasteiger partial charge in [-0.25, -0.2) is 5.43 Å². The van der Waals surface area contributed by atoms with E-state index in [0.717, 1.165) is 24.2 Å². The number of hydrogen-bond acceptors (Lipinski definition) is 4. The van der Waals surface area contributed by atoms with Crippen LogP contribution in [0.5, 0.6) is 0 Å². The largest absolute Gasteiger partial charge is 0.458 e. The Bertz CT molecular complexity index is 605. The maximum absolute atomic E-state index is 6.19. The molecule has 0 radical (unpaired) electrons. The van der Waals surface area contributed by atoms with Crippen molar-refractivity contribution in [1.82, 2.24) is 10.3 Å². The van der Waals surface area contributed by atoms with Crippen molar-refractivity contribution in [2.45, 2.75) is 39.3 Å². The van der Waals surface area contributed by atoms with Gasteiger partial charge in [-0.2, -0.15) is 0 Å². The number of hydrogen-bond donors (Lipinski definition) is 2. The molecule has 1 unspecified atom stereocenters. The van der Waals surface area contributed by atoms with Crippen LogP contribution in [0.2, 0.25) is 5.02 Å². The molecule has 0 aliphatic carbocycles. The number of nitrogens with two attached hydrogens (primary N) is 1. The highest BCUT2D eigenvalue weighted by Crippen LogP contribution is 2.35. The van der Waals surface area contributed by atoms with Crippen LogP contribution in [0.15, 0.2) is 28.7 Å². The van der Waals surface area contributed by atoms with Gasteiger partial charge >= 0.3 is 0 Å². The normalized spacial score (nSPS) is 14.0. The van der Waals surface area contributed by atoms with Gasteiger partial charge in [-0.15, -0.1) is 0 Å². The second kappa shape index (κ2) is 6.36. The molecule has 0 saturated heterocycles. The molecule has 0 amide bonds. The monoisotopic (exact) mass is 309 g/mol. The maximum atomic E-state index is 6.19. The predicted molar refractivity (Wildman–Crippen MR) is 88.3 cm³/mol. The molecule has 5 heteroatoms. The molecule has 4 nitrogen and oxygen atoms in total. The van der Waals surface area contributed by atoms with Crippen molar-refractivity contribution < 1.29 is 4.42 Å². The number of rotatable bonds is 6. The Kier molecular flexibility index (Phi) is 4.94. The lowest BCUT2D eigenvalue weighted by Gasteiger charge is -2.42. The van der Waals surface area contributed by atoms with Crippen molar-refractivity contribution in [3.8, 4) is 0 Å². The molecule has 0 bridgehead atoms. The molecule has 2 rings (SSSR count). The highest BCUT2D eigenvalue weighted by atomic mass is 35.5. The first kappa shape index (κ1) is 16.3. The summed E-state index contributed by atoms with van der Waals surface area (Å²) in [4.78, 5) is 2.35. The van der Waals surface area contributed by atoms with Crippen LogP contribution in [0.25, 0.3) is 11.0 Å². The minimum absolute atomic E-state index is 0.124. The third-order valence-corrected chi connectivity index (χ3v) is 4.55. The number of nitrogens with zero attached hydrogens (tertiary/aromatic N) is 1. The van der Waals surface area contributed by atoms with Gasteiger partial charge in [-0.05, 0) is 39.1 Å². The Hall–Kier alpha value is -1.07. The van der Waals surface area contributed by atoms with E-state index in [1.165, 1.54) is 0 Å². The number of hydrazine groups is 1. The van der Waals surface area contributed by atoms with E-state index in [-0.39, 0.29) is 11.6 Å². The van der Waals surface area contributed by atoms with Crippen LogP contribution >= 0.6 is 11.6 Å². The molecule has 1 aromatic carbocycles. The van der Waals surface area contributed by atoms with Gasteiger partial charge in [0.15, 0.2) is 5.58 Å². The highest BCUT2D eigenvalue weighted by Gasteiger charge is 2.36. The van der Waals surface area contributed by atoms with Crippen molar-refractivity contribution >= 4 is 22.6 Å². The van der Waals surface area contributed by atoms with Crippen LogP contribution in [0.3, 0.4) is 0 Å². The van der Waals surface area contributed by atoms with Crippen molar-refractivity contribution in [3.63, 3.8) is 0 Å². The predicted octanol–water partition coefficient (Wildman–Crippen LogP) is 3.71. The number of benzene rings is 1. The van der Waals surface area contributed by atoms with E-state index >= 15 is 0 Å². The van der Waals surface area contributed by atoms with E-state index < -0.39 is 0 Å². The number of para-hydroxylation sites is 1. The van der Waals surface area contributed by atoms with Crippen LogP contribution in [0.4, 0.5) is 0 Å². The van der Waals surface area contributed by atoms with Crippen molar-refractivity contribution in [3.05, 3.63) is 35.0 Å². The first-order valence-corrected chi connectivity index (χ1v) is 7.72. The van der Waals surface area contributed by atoms with E-state index in [0.29, 0.717) is 10.6 Å². The molecular weight excluding hydrogens is 286 g/mol. The lowest BCUT2D eigenvalue weighted by molar-refractivity contribution is 0.0827. The molecule has 0 saturated carbocycles. The van der Waals surface area contributed by atoms with E-state index in [1.54, 1.807) is 0 Å². The van der Waals surface area contributed by atoms with Crippen LogP contribution in [0, 0.1) is 0 Å². The number of nitrogens with one attached hydrogen (secondary N) is 1. The van der Waals surface area contributed by atoms with Gasteiger partial charge in [0.1, 0.15) is 5.76 Å².